The van der Waals surface area contributed by atoms with Crippen molar-refractivity contribution >= 4 is 17.3 Å². The van der Waals surface area contributed by atoms with Gasteiger partial charge < -0.3 is 19.3 Å². The van der Waals surface area contributed by atoms with E-state index in [1.54, 1.807) is 14.2 Å². The fourth-order valence-electron chi connectivity index (χ4n) is 4.25. The Morgan fingerprint density at radius 2 is 1.71 bits per heavy atom. The number of hydrogen-bond donors (Lipinski definition) is 0. The summed E-state index contributed by atoms with van der Waals surface area (Å²) in [6.45, 7) is 3.00. The van der Waals surface area contributed by atoms with E-state index in [1.807, 2.05) is 23.1 Å². The first-order valence-electron chi connectivity index (χ1n) is 10.1. The van der Waals surface area contributed by atoms with E-state index in [1.165, 1.54) is 24.1 Å². The summed E-state index contributed by atoms with van der Waals surface area (Å²) < 4.78 is 10.7. The fourth-order valence-corrected chi connectivity index (χ4v) is 4.25. The minimum absolute atomic E-state index is 0.131. The Balaban J connectivity index is 1.56. The molecule has 2 aromatic carbocycles. The minimum Gasteiger partial charge on any atom is -0.493 e. The number of aryl methyl sites for hydroxylation is 1. The number of benzene rings is 2. The Labute approximate surface area is 166 Å². The molecule has 0 aromatic heterocycles. The molecule has 28 heavy (non-hydrogen) atoms. The Morgan fingerprint density at radius 1 is 0.929 bits per heavy atom. The highest BCUT2D eigenvalue weighted by atomic mass is 16.5. The molecule has 0 atom stereocenters. The zero-order valence-corrected chi connectivity index (χ0v) is 16.7. The van der Waals surface area contributed by atoms with Crippen LogP contribution < -0.4 is 19.3 Å². The van der Waals surface area contributed by atoms with Crippen LogP contribution in [0.25, 0.3) is 0 Å². The lowest BCUT2D eigenvalue weighted by atomic mass is 9.99. The van der Waals surface area contributed by atoms with E-state index in [9.17, 15) is 4.79 Å². The lowest BCUT2D eigenvalue weighted by Crippen LogP contribution is -2.36. The Bertz CT molecular complexity index is 859. The second-order valence-corrected chi connectivity index (χ2v) is 7.52. The van der Waals surface area contributed by atoms with Crippen LogP contribution in [0.15, 0.2) is 36.4 Å². The average Bonchev–Trinajstić information content (AvgIpc) is 3.27. The van der Waals surface area contributed by atoms with Crippen LogP contribution in [-0.4, -0.2) is 39.8 Å². The van der Waals surface area contributed by atoms with Crippen molar-refractivity contribution in [3.63, 3.8) is 0 Å². The average molecular weight is 380 g/mol. The molecule has 0 unspecified atom stereocenters. The SMILES string of the molecule is COc1ccc(CC(=O)N2CCCc3ccc(N4CCCC4)cc32)cc1OC. The molecule has 1 fully saturated rings. The highest BCUT2D eigenvalue weighted by Gasteiger charge is 2.24. The summed E-state index contributed by atoms with van der Waals surface area (Å²) >= 11 is 0. The molecule has 5 nitrogen and oxygen atoms in total. The number of carbonyl (C=O) groups excluding carboxylic acids is 1. The minimum atomic E-state index is 0.131. The van der Waals surface area contributed by atoms with E-state index >= 15 is 0 Å². The van der Waals surface area contributed by atoms with Gasteiger partial charge in [-0.25, -0.2) is 0 Å². The number of amides is 1. The predicted octanol–water partition coefficient (Wildman–Crippen LogP) is 3.83. The van der Waals surface area contributed by atoms with Crippen molar-refractivity contribution in [2.45, 2.75) is 32.1 Å². The second kappa shape index (κ2) is 8.13. The lowest BCUT2D eigenvalue weighted by molar-refractivity contribution is -0.118. The van der Waals surface area contributed by atoms with Gasteiger partial charge in [0.15, 0.2) is 11.5 Å². The van der Waals surface area contributed by atoms with E-state index < -0.39 is 0 Å². The van der Waals surface area contributed by atoms with Crippen LogP contribution in [0.2, 0.25) is 0 Å². The highest BCUT2D eigenvalue weighted by Crippen LogP contribution is 2.34. The van der Waals surface area contributed by atoms with Gasteiger partial charge >= 0.3 is 0 Å². The molecule has 5 heteroatoms. The summed E-state index contributed by atoms with van der Waals surface area (Å²) in [5.74, 6) is 1.46. The molecule has 148 valence electrons. The van der Waals surface area contributed by atoms with Crippen LogP contribution in [0.4, 0.5) is 11.4 Å². The number of ether oxygens (including phenoxy) is 2. The van der Waals surface area contributed by atoms with Crippen LogP contribution in [0.1, 0.15) is 30.4 Å². The van der Waals surface area contributed by atoms with Gasteiger partial charge in [-0.05, 0) is 61.1 Å². The first-order chi connectivity index (χ1) is 13.7. The number of rotatable bonds is 5. The second-order valence-electron chi connectivity index (χ2n) is 7.52. The third kappa shape index (κ3) is 3.66. The lowest BCUT2D eigenvalue weighted by Gasteiger charge is -2.31. The molecule has 0 saturated carbocycles. The molecule has 1 saturated heterocycles. The monoisotopic (exact) mass is 380 g/mol. The predicted molar refractivity (Wildman–Crippen MR) is 112 cm³/mol. The molecule has 4 rings (SSSR count). The smallest absolute Gasteiger partial charge is 0.231 e. The normalized spacial score (nSPS) is 16.1. The van der Waals surface area contributed by atoms with E-state index in [0.29, 0.717) is 17.9 Å². The van der Waals surface area contributed by atoms with Gasteiger partial charge in [-0.1, -0.05) is 12.1 Å². The number of fused-ring (bicyclic) bond motifs is 1. The summed E-state index contributed by atoms with van der Waals surface area (Å²) in [5, 5.41) is 0. The van der Waals surface area contributed by atoms with Crippen LogP contribution in [0, 0.1) is 0 Å². The number of anilines is 2. The molecule has 2 aliphatic rings. The van der Waals surface area contributed by atoms with Gasteiger partial charge in [0.25, 0.3) is 0 Å². The Hall–Kier alpha value is -2.69. The van der Waals surface area contributed by atoms with E-state index in [2.05, 4.69) is 23.1 Å². The van der Waals surface area contributed by atoms with Crippen molar-refractivity contribution in [3.05, 3.63) is 47.5 Å². The summed E-state index contributed by atoms with van der Waals surface area (Å²) in [7, 11) is 3.23. The van der Waals surface area contributed by atoms with Crippen molar-refractivity contribution in [3.8, 4) is 11.5 Å². The molecule has 0 aliphatic carbocycles. The van der Waals surface area contributed by atoms with Crippen LogP contribution in [0.3, 0.4) is 0 Å². The van der Waals surface area contributed by atoms with Gasteiger partial charge in [0.1, 0.15) is 0 Å². The third-order valence-electron chi connectivity index (χ3n) is 5.76. The first kappa shape index (κ1) is 18.7. The molecule has 2 heterocycles. The molecule has 2 aromatic rings. The molecule has 2 aliphatic heterocycles. The van der Waals surface area contributed by atoms with Gasteiger partial charge in [0.05, 0.1) is 20.6 Å². The third-order valence-corrected chi connectivity index (χ3v) is 5.76. The van der Waals surface area contributed by atoms with Crippen molar-refractivity contribution in [1.29, 1.82) is 0 Å². The molecule has 0 N–H and O–H groups in total. The molecule has 0 bridgehead atoms. The van der Waals surface area contributed by atoms with Crippen LogP contribution in [-0.2, 0) is 17.6 Å². The van der Waals surface area contributed by atoms with E-state index in [4.69, 9.17) is 9.47 Å². The molecule has 0 radical (unpaired) electrons. The van der Waals surface area contributed by atoms with Gasteiger partial charge in [-0.3, -0.25) is 4.79 Å². The van der Waals surface area contributed by atoms with Crippen LogP contribution >= 0.6 is 0 Å². The van der Waals surface area contributed by atoms with Gasteiger partial charge in [0, 0.05) is 31.0 Å². The highest BCUT2D eigenvalue weighted by molar-refractivity contribution is 5.96. The first-order valence-corrected chi connectivity index (χ1v) is 10.1. The summed E-state index contributed by atoms with van der Waals surface area (Å²) in [4.78, 5) is 17.5. The van der Waals surface area contributed by atoms with Gasteiger partial charge in [-0.15, -0.1) is 0 Å². The zero-order valence-electron chi connectivity index (χ0n) is 16.7. The van der Waals surface area contributed by atoms with Gasteiger partial charge in [-0.2, -0.15) is 0 Å². The topological polar surface area (TPSA) is 42.0 Å². The number of carbonyl (C=O) groups is 1. The molecular weight excluding hydrogens is 352 g/mol. The molecular formula is C23H28N2O3. The van der Waals surface area contributed by atoms with Crippen LogP contribution in [0.5, 0.6) is 11.5 Å². The quantitative estimate of drug-likeness (QED) is 0.791. The summed E-state index contributed by atoms with van der Waals surface area (Å²) in [6, 6.07) is 12.3. The number of methoxy groups -OCH3 is 2. The maximum absolute atomic E-state index is 13.2. The summed E-state index contributed by atoms with van der Waals surface area (Å²) in [6.07, 6.45) is 4.90. The van der Waals surface area contributed by atoms with Crippen molar-refractivity contribution in [1.82, 2.24) is 0 Å². The molecule has 0 spiro atoms. The maximum atomic E-state index is 13.2. The van der Waals surface area contributed by atoms with Crippen molar-refractivity contribution in [2.75, 3.05) is 43.7 Å². The summed E-state index contributed by atoms with van der Waals surface area (Å²) in [5.41, 5.74) is 4.53. The van der Waals surface area contributed by atoms with E-state index in [0.717, 1.165) is 43.7 Å². The molecule has 1 amide bonds. The standard InChI is InChI=1S/C23H28N2O3/c1-27-21-10-7-17(14-22(21)28-2)15-23(26)25-13-5-6-18-8-9-19(16-20(18)25)24-11-3-4-12-24/h7-10,14,16H,3-6,11-13,15H2,1-2H3. The zero-order chi connectivity index (χ0) is 19.5. The van der Waals surface area contributed by atoms with Gasteiger partial charge in [0.2, 0.25) is 5.91 Å². The Morgan fingerprint density at radius 3 is 2.46 bits per heavy atom. The van der Waals surface area contributed by atoms with Crippen molar-refractivity contribution < 1.29 is 14.3 Å². The largest absolute Gasteiger partial charge is 0.493 e. The van der Waals surface area contributed by atoms with Crippen molar-refractivity contribution in [2.24, 2.45) is 0 Å². The fraction of sp³-hybridized carbons (Fsp3) is 0.435. The maximum Gasteiger partial charge on any atom is 0.231 e. The number of nitrogens with zero attached hydrogens (tertiary/aromatic N) is 2. The Kier molecular flexibility index (Phi) is 5.42. The number of hydrogen-bond acceptors (Lipinski definition) is 4. The van der Waals surface area contributed by atoms with E-state index in [-0.39, 0.29) is 5.91 Å².